The van der Waals surface area contributed by atoms with Gasteiger partial charge in [-0.2, -0.15) is 5.10 Å². The zero-order valence-corrected chi connectivity index (χ0v) is 9.49. The fraction of sp³-hybridized carbons (Fsp3) is 0.250. The molecule has 4 nitrogen and oxygen atoms in total. The molecule has 16 heavy (non-hydrogen) atoms. The van der Waals surface area contributed by atoms with E-state index in [1.807, 2.05) is 31.5 Å². The van der Waals surface area contributed by atoms with Crippen LogP contribution in [0.5, 0.6) is 0 Å². The molecule has 0 fully saturated rings. The van der Waals surface area contributed by atoms with E-state index in [2.05, 4.69) is 28.5 Å². The third-order valence-electron chi connectivity index (χ3n) is 2.50. The van der Waals surface area contributed by atoms with E-state index >= 15 is 0 Å². The summed E-state index contributed by atoms with van der Waals surface area (Å²) in [4.78, 5) is 0. The molecule has 1 atom stereocenters. The minimum Gasteiger partial charge on any atom is -0.399 e. The minimum atomic E-state index is 0.208. The highest BCUT2D eigenvalue weighted by Gasteiger charge is 2.06. The molecule has 0 radical (unpaired) electrons. The molecular formula is C12H16N4. The van der Waals surface area contributed by atoms with Crippen LogP contribution in [0, 0.1) is 6.92 Å². The van der Waals surface area contributed by atoms with Crippen molar-refractivity contribution in [3.8, 4) is 0 Å². The number of nitrogen functional groups attached to an aromatic ring is 1. The second kappa shape index (κ2) is 4.26. The topological polar surface area (TPSA) is 66.7 Å². The number of hydrogen-bond acceptors (Lipinski definition) is 3. The van der Waals surface area contributed by atoms with Crippen molar-refractivity contribution in [2.24, 2.45) is 0 Å². The smallest absolute Gasteiger partial charge is 0.0539 e. The van der Waals surface area contributed by atoms with Gasteiger partial charge >= 0.3 is 0 Å². The highest BCUT2D eigenvalue weighted by molar-refractivity contribution is 5.57. The average Bonchev–Trinajstić information content (AvgIpc) is 2.68. The Hall–Kier alpha value is -1.97. The lowest BCUT2D eigenvalue weighted by Crippen LogP contribution is -2.06. The number of nitrogens with zero attached hydrogens (tertiary/aromatic N) is 1. The Labute approximate surface area is 94.9 Å². The fourth-order valence-corrected chi connectivity index (χ4v) is 1.73. The van der Waals surface area contributed by atoms with E-state index in [0.717, 1.165) is 22.5 Å². The summed E-state index contributed by atoms with van der Waals surface area (Å²) in [5.74, 6) is 0. The van der Waals surface area contributed by atoms with Gasteiger partial charge in [-0.15, -0.1) is 0 Å². The lowest BCUT2D eigenvalue weighted by atomic mass is 10.1. The third-order valence-corrected chi connectivity index (χ3v) is 2.50. The highest BCUT2D eigenvalue weighted by Crippen LogP contribution is 2.21. The monoisotopic (exact) mass is 216 g/mol. The van der Waals surface area contributed by atoms with Crippen LogP contribution in [0.4, 0.5) is 11.4 Å². The number of nitrogens with one attached hydrogen (secondary N) is 2. The molecule has 2 aromatic rings. The Kier molecular flexibility index (Phi) is 2.81. The zero-order chi connectivity index (χ0) is 11.5. The quantitative estimate of drug-likeness (QED) is 0.690. The van der Waals surface area contributed by atoms with Crippen molar-refractivity contribution in [1.29, 1.82) is 0 Å². The number of anilines is 2. The maximum Gasteiger partial charge on any atom is 0.0539 e. The van der Waals surface area contributed by atoms with Gasteiger partial charge in [-0.1, -0.05) is 0 Å². The second-order valence-electron chi connectivity index (χ2n) is 4.03. The zero-order valence-electron chi connectivity index (χ0n) is 9.49. The standard InChI is InChI=1S/C12H16N4/c1-8-3-11(13)5-12(4-8)16-9(2)10-6-14-15-7-10/h3-7,9,16H,13H2,1-2H3,(H,14,15). The summed E-state index contributed by atoms with van der Waals surface area (Å²) >= 11 is 0. The summed E-state index contributed by atoms with van der Waals surface area (Å²) in [7, 11) is 0. The van der Waals surface area contributed by atoms with Crippen molar-refractivity contribution < 1.29 is 0 Å². The van der Waals surface area contributed by atoms with Crippen LogP contribution < -0.4 is 11.1 Å². The van der Waals surface area contributed by atoms with Gasteiger partial charge in [0.25, 0.3) is 0 Å². The molecule has 1 unspecified atom stereocenters. The molecule has 1 aromatic carbocycles. The molecule has 0 saturated carbocycles. The summed E-state index contributed by atoms with van der Waals surface area (Å²) in [5.41, 5.74) is 9.89. The lowest BCUT2D eigenvalue weighted by molar-refractivity contribution is 0.886. The number of aromatic nitrogens is 2. The molecule has 2 rings (SSSR count). The van der Waals surface area contributed by atoms with Crippen LogP contribution in [0.1, 0.15) is 24.1 Å². The van der Waals surface area contributed by atoms with Crippen LogP contribution in [0.2, 0.25) is 0 Å². The summed E-state index contributed by atoms with van der Waals surface area (Å²) in [6.45, 7) is 4.12. The highest BCUT2D eigenvalue weighted by atomic mass is 15.1. The summed E-state index contributed by atoms with van der Waals surface area (Å²) < 4.78 is 0. The molecular weight excluding hydrogens is 200 g/mol. The largest absolute Gasteiger partial charge is 0.399 e. The Morgan fingerprint density at radius 1 is 1.38 bits per heavy atom. The minimum absolute atomic E-state index is 0.208. The molecule has 0 spiro atoms. The molecule has 1 heterocycles. The van der Waals surface area contributed by atoms with E-state index in [4.69, 9.17) is 5.73 Å². The van der Waals surface area contributed by atoms with Crippen LogP contribution >= 0.6 is 0 Å². The normalized spacial score (nSPS) is 12.4. The maximum absolute atomic E-state index is 5.80. The number of rotatable bonds is 3. The Bertz CT molecular complexity index is 442. The molecule has 0 aliphatic heterocycles. The van der Waals surface area contributed by atoms with Gasteiger partial charge < -0.3 is 11.1 Å². The van der Waals surface area contributed by atoms with E-state index in [0.29, 0.717) is 0 Å². The predicted octanol–water partition coefficient (Wildman–Crippen LogP) is 2.47. The van der Waals surface area contributed by atoms with Crippen LogP contribution in [0.25, 0.3) is 0 Å². The van der Waals surface area contributed by atoms with Gasteiger partial charge in [-0.25, -0.2) is 0 Å². The number of aromatic amines is 1. The average molecular weight is 216 g/mol. The lowest BCUT2D eigenvalue weighted by Gasteiger charge is -2.14. The maximum atomic E-state index is 5.80. The first kappa shape index (κ1) is 10.5. The van der Waals surface area contributed by atoms with E-state index in [-0.39, 0.29) is 6.04 Å². The Morgan fingerprint density at radius 3 is 2.81 bits per heavy atom. The van der Waals surface area contributed by atoms with Crippen molar-refractivity contribution in [3.63, 3.8) is 0 Å². The van der Waals surface area contributed by atoms with E-state index in [9.17, 15) is 0 Å². The third kappa shape index (κ3) is 2.34. The van der Waals surface area contributed by atoms with Crippen LogP contribution in [-0.4, -0.2) is 10.2 Å². The van der Waals surface area contributed by atoms with Crippen LogP contribution in [0.3, 0.4) is 0 Å². The fourth-order valence-electron chi connectivity index (χ4n) is 1.73. The summed E-state index contributed by atoms with van der Waals surface area (Å²) in [6.07, 6.45) is 3.70. The molecule has 0 saturated heterocycles. The SMILES string of the molecule is Cc1cc(N)cc(NC(C)c2cn[nH]c2)c1. The number of nitrogens with two attached hydrogens (primary N) is 1. The summed E-state index contributed by atoms with van der Waals surface area (Å²) in [5, 5.41) is 10.1. The van der Waals surface area contributed by atoms with Gasteiger partial charge in [-0.3, -0.25) is 5.10 Å². The van der Waals surface area contributed by atoms with Gasteiger partial charge in [0.15, 0.2) is 0 Å². The molecule has 0 bridgehead atoms. The second-order valence-corrected chi connectivity index (χ2v) is 4.03. The van der Waals surface area contributed by atoms with Crippen molar-refractivity contribution in [2.45, 2.75) is 19.9 Å². The van der Waals surface area contributed by atoms with Gasteiger partial charge in [0.1, 0.15) is 0 Å². The predicted molar refractivity (Wildman–Crippen MR) is 66.2 cm³/mol. The van der Waals surface area contributed by atoms with Crippen molar-refractivity contribution in [2.75, 3.05) is 11.1 Å². The molecule has 4 heteroatoms. The molecule has 0 aliphatic rings. The van der Waals surface area contributed by atoms with Crippen molar-refractivity contribution in [3.05, 3.63) is 41.7 Å². The first-order chi connectivity index (χ1) is 7.65. The van der Waals surface area contributed by atoms with Crippen LogP contribution in [-0.2, 0) is 0 Å². The van der Waals surface area contributed by atoms with Crippen molar-refractivity contribution in [1.82, 2.24) is 10.2 Å². The number of benzene rings is 1. The van der Waals surface area contributed by atoms with Crippen LogP contribution in [0.15, 0.2) is 30.6 Å². The first-order valence-electron chi connectivity index (χ1n) is 5.27. The van der Waals surface area contributed by atoms with Crippen molar-refractivity contribution >= 4 is 11.4 Å². The van der Waals surface area contributed by atoms with Gasteiger partial charge in [0.05, 0.1) is 12.2 Å². The van der Waals surface area contributed by atoms with Gasteiger partial charge in [0, 0.05) is 23.1 Å². The number of hydrogen-bond donors (Lipinski definition) is 3. The Morgan fingerprint density at radius 2 is 2.19 bits per heavy atom. The molecule has 0 aliphatic carbocycles. The van der Waals surface area contributed by atoms with E-state index in [1.54, 1.807) is 0 Å². The number of aryl methyl sites for hydroxylation is 1. The van der Waals surface area contributed by atoms with E-state index in [1.165, 1.54) is 0 Å². The van der Waals surface area contributed by atoms with Gasteiger partial charge in [0.2, 0.25) is 0 Å². The molecule has 84 valence electrons. The molecule has 1 aromatic heterocycles. The number of H-pyrrole nitrogens is 1. The van der Waals surface area contributed by atoms with E-state index < -0.39 is 0 Å². The first-order valence-corrected chi connectivity index (χ1v) is 5.27. The molecule has 0 amide bonds. The van der Waals surface area contributed by atoms with Gasteiger partial charge in [-0.05, 0) is 37.6 Å². The Balaban J connectivity index is 2.15. The molecule has 4 N–H and O–H groups in total. The summed E-state index contributed by atoms with van der Waals surface area (Å²) in [6, 6.07) is 6.17.